The first-order valence-electron chi connectivity index (χ1n) is 9.90. The van der Waals surface area contributed by atoms with E-state index in [1.54, 1.807) is 0 Å². The first-order valence-corrected chi connectivity index (χ1v) is 12.9. The Morgan fingerprint density at radius 3 is 2.39 bits per heavy atom. The van der Waals surface area contributed by atoms with Crippen molar-refractivity contribution in [3.05, 3.63) is 22.7 Å². The second kappa shape index (κ2) is 11.0. The molecule has 0 aliphatic carbocycles. The lowest BCUT2D eigenvalue weighted by Gasteiger charge is -2.33. The van der Waals surface area contributed by atoms with Crippen LogP contribution in [0.25, 0.3) is 0 Å². The van der Waals surface area contributed by atoms with E-state index in [-0.39, 0.29) is 5.82 Å². The Bertz CT molecular complexity index is 1120. The number of nitrogens with zero attached hydrogens (tertiary/aromatic N) is 2. The number of anilines is 1. The maximum absolute atomic E-state index is 12.1. The fourth-order valence-corrected chi connectivity index (χ4v) is 5.00. The molecule has 2 fully saturated rings. The zero-order chi connectivity index (χ0) is 27.0. The Kier molecular flexibility index (Phi) is 8.81. The van der Waals surface area contributed by atoms with Crippen molar-refractivity contribution in [3.8, 4) is 0 Å². The van der Waals surface area contributed by atoms with Crippen LogP contribution in [0.3, 0.4) is 0 Å². The predicted octanol–water partition coefficient (Wildman–Crippen LogP) is -3.34. The molecule has 2 saturated heterocycles. The Hall–Kier alpha value is -1.67. The van der Waals surface area contributed by atoms with Gasteiger partial charge in [0.05, 0.1) is 6.61 Å². The highest BCUT2D eigenvalue weighted by atomic mass is 31.3. The number of carbonyl (C=O) groups is 1. The highest BCUT2D eigenvalue weighted by Crippen LogP contribution is 2.60. The molecule has 10 atom stereocenters. The Morgan fingerprint density at radius 1 is 1.08 bits per heavy atom. The molecule has 2 aliphatic rings. The molecule has 0 amide bonds. The fraction of sp³-hybridized carbons (Fsp3) is 0.667. The zero-order valence-electron chi connectivity index (χ0n) is 18.1. The molecule has 204 valence electrons. The maximum Gasteiger partial charge on any atom is 0.508 e. The SMILES string of the molecule is C[C@H]1O[C@H](OOP(=O)(O)OP(=O)(O)OC[C@H]2O[C@@H](n3ccc(N)nc3=O)[C@H](O)[C@@H]2O)[C@H](O)[C@@H](O)C1=O. The maximum atomic E-state index is 12.1. The van der Waals surface area contributed by atoms with Gasteiger partial charge in [0.15, 0.2) is 12.0 Å². The summed E-state index contributed by atoms with van der Waals surface area (Å²) >= 11 is 0. The number of ether oxygens (including phenoxy) is 2. The number of aliphatic hydroxyl groups is 4. The van der Waals surface area contributed by atoms with E-state index in [1.807, 2.05) is 0 Å². The summed E-state index contributed by atoms with van der Waals surface area (Å²) in [5.74, 6) is -1.02. The third kappa shape index (κ3) is 6.60. The number of phosphoric acid groups is 2. The number of phosphoric ester groups is 1. The second-order valence-corrected chi connectivity index (χ2v) is 10.5. The molecule has 36 heavy (non-hydrogen) atoms. The standard InChI is InChI=1S/C15H23N3O16P2/c1-5-8(19)10(21)12(23)14(30-5)32-33-36(27,28)34-35(25,26)29-4-6-9(20)11(22)13(31-6)18-3-2-7(16)17-15(18)24/h2-3,5-6,9-14,20-23H,4H2,1H3,(H,25,26)(H,27,28)(H2,16,17,24)/t5-,6-,9-,10+,11-,12-,13-,14-/m1/s1. The summed E-state index contributed by atoms with van der Waals surface area (Å²) in [5, 5.41) is 39.6. The predicted molar refractivity (Wildman–Crippen MR) is 109 cm³/mol. The number of rotatable bonds is 9. The monoisotopic (exact) mass is 563 g/mol. The number of hydrogen-bond donors (Lipinski definition) is 7. The van der Waals surface area contributed by atoms with Gasteiger partial charge in [-0.3, -0.25) is 13.9 Å². The van der Waals surface area contributed by atoms with Crippen LogP contribution in [0.4, 0.5) is 5.82 Å². The van der Waals surface area contributed by atoms with Crippen LogP contribution in [-0.2, 0) is 41.8 Å². The van der Waals surface area contributed by atoms with Crippen molar-refractivity contribution in [2.75, 3.05) is 12.3 Å². The lowest BCUT2D eigenvalue weighted by atomic mass is 10.0. The molecule has 0 radical (unpaired) electrons. The van der Waals surface area contributed by atoms with Crippen molar-refractivity contribution in [3.63, 3.8) is 0 Å². The average molecular weight is 563 g/mol. The van der Waals surface area contributed by atoms with E-state index in [2.05, 4.69) is 23.4 Å². The Balaban J connectivity index is 1.56. The van der Waals surface area contributed by atoms with Crippen LogP contribution in [0, 0.1) is 0 Å². The van der Waals surface area contributed by atoms with Crippen molar-refractivity contribution < 1.29 is 72.0 Å². The van der Waals surface area contributed by atoms with E-state index in [0.717, 1.165) is 10.8 Å². The highest BCUT2D eigenvalue weighted by Gasteiger charge is 2.47. The molecule has 2 aliphatic heterocycles. The first kappa shape index (κ1) is 28.9. The summed E-state index contributed by atoms with van der Waals surface area (Å²) in [7, 11) is -11.0. The summed E-state index contributed by atoms with van der Waals surface area (Å²) in [5.41, 5.74) is 4.44. The number of carbonyl (C=O) groups excluding carboxylic acids is 1. The molecule has 0 spiro atoms. The quantitative estimate of drug-likeness (QED) is 0.0877. The van der Waals surface area contributed by atoms with Crippen molar-refractivity contribution in [2.45, 2.75) is 56.1 Å². The number of Topliss-reactive ketones (excluding diaryl/α,β-unsaturated/α-hetero) is 1. The lowest BCUT2D eigenvalue weighted by molar-refractivity contribution is -0.367. The smallest absolute Gasteiger partial charge is 0.387 e. The van der Waals surface area contributed by atoms with Crippen LogP contribution in [0.5, 0.6) is 0 Å². The molecule has 19 nitrogen and oxygen atoms in total. The molecular formula is C15H23N3O16P2. The van der Waals surface area contributed by atoms with E-state index >= 15 is 0 Å². The minimum absolute atomic E-state index is 0.120. The number of ketones is 1. The summed E-state index contributed by atoms with van der Waals surface area (Å²) in [6, 6.07) is 1.21. The van der Waals surface area contributed by atoms with Gasteiger partial charge in [0.2, 0.25) is 6.29 Å². The molecule has 3 rings (SSSR count). The first-order chi connectivity index (χ1) is 16.6. The van der Waals surface area contributed by atoms with Crippen LogP contribution in [-0.4, -0.2) is 95.1 Å². The molecule has 2 unspecified atom stereocenters. The van der Waals surface area contributed by atoms with Gasteiger partial charge in [0.25, 0.3) is 0 Å². The van der Waals surface area contributed by atoms with Crippen molar-refractivity contribution in [1.82, 2.24) is 9.55 Å². The van der Waals surface area contributed by atoms with Gasteiger partial charge < -0.3 is 45.4 Å². The lowest BCUT2D eigenvalue weighted by Crippen LogP contribution is -2.54. The number of nitrogen functional groups attached to an aromatic ring is 1. The van der Waals surface area contributed by atoms with Gasteiger partial charge in [0, 0.05) is 6.20 Å². The van der Waals surface area contributed by atoms with Crippen LogP contribution >= 0.6 is 15.6 Å². The summed E-state index contributed by atoms with van der Waals surface area (Å²) in [4.78, 5) is 50.5. The van der Waals surface area contributed by atoms with Crippen molar-refractivity contribution >= 4 is 27.2 Å². The molecule has 0 saturated carbocycles. The zero-order valence-corrected chi connectivity index (χ0v) is 19.9. The van der Waals surface area contributed by atoms with Crippen LogP contribution in [0.2, 0.25) is 0 Å². The van der Waals surface area contributed by atoms with Crippen molar-refractivity contribution in [2.24, 2.45) is 0 Å². The third-order valence-corrected chi connectivity index (χ3v) is 7.34. The van der Waals surface area contributed by atoms with Gasteiger partial charge >= 0.3 is 21.3 Å². The molecule has 1 aromatic rings. The van der Waals surface area contributed by atoms with E-state index in [1.165, 1.54) is 13.0 Å². The Morgan fingerprint density at radius 2 is 1.75 bits per heavy atom. The number of hydrogen-bond acceptors (Lipinski definition) is 16. The molecule has 3 heterocycles. The van der Waals surface area contributed by atoms with Crippen LogP contribution in [0.1, 0.15) is 13.2 Å². The minimum Gasteiger partial charge on any atom is -0.387 e. The topological polar surface area (TPSA) is 289 Å². The van der Waals surface area contributed by atoms with Gasteiger partial charge in [-0.05, 0) is 13.0 Å². The van der Waals surface area contributed by atoms with E-state index < -0.39 is 82.9 Å². The largest absolute Gasteiger partial charge is 0.508 e. The summed E-state index contributed by atoms with van der Waals surface area (Å²) < 4.78 is 47.4. The molecule has 21 heteroatoms. The minimum atomic E-state index is -5.56. The van der Waals surface area contributed by atoms with Gasteiger partial charge in [-0.2, -0.15) is 14.2 Å². The molecular weight excluding hydrogens is 540 g/mol. The second-order valence-electron chi connectivity index (χ2n) is 7.56. The Labute approximate surface area is 200 Å². The van der Waals surface area contributed by atoms with Crippen LogP contribution in [0.15, 0.2) is 17.1 Å². The number of aliphatic hydroxyl groups excluding tert-OH is 4. The van der Waals surface area contributed by atoms with E-state index in [0.29, 0.717) is 0 Å². The summed E-state index contributed by atoms with van der Waals surface area (Å²) in [6.45, 7) is 0.191. The average Bonchev–Trinajstić information content (AvgIpc) is 3.05. The molecule has 1 aromatic heterocycles. The molecule has 0 aromatic carbocycles. The molecule has 0 bridgehead atoms. The van der Waals surface area contributed by atoms with E-state index in [9.17, 15) is 48.9 Å². The normalized spacial score (nSPS) is 36.4. The number of aromatic nitrogens is 2. The van der Waals surface area contributed by atoms with E-state index in [4.69, 9.17) is 15.2 Å². The van der Waals surface area contributed by atoms with Crippen LogP contribution < -0.4 is 11.4 Å². The highest BCUT2D eigenvalue weighted by molar-refractivity contribution is 7.61. The third-order valence-electron chi connectivity index (χ3n) is 4.94. The molecule has 8 N–H and O–H groups in total. The van der Waals surface area contributed by atoms with Gasteiger partial charge in [0.1, 0.15) is 42.4 Å². The fourth-order valence-electron chi connectivity index (χ4n) is 3.13. The number of nitrogens with two attached hydrogens (primary N) is 1. The van der Waals surface area contributed by atoms with Crippen molar-refractivity contribution in [1.29, 1.82) is 0 Å². The van der Waals surface area contributed by atoms with Gasteiger partial charge in [-0.25, -0.2) is 13.9 Å². The summed E-state index contributed by atoms with van der Waals surface area (Å²) in [6.07, 6.45) is -12.6. The van der Waals surface area contributed by atoms with Gasteiger partial charge in [-0.1, -0.05) is 0 Å². The van der Waals surface area contributed by atoms with Gasteiger partial charge in [-0.15, -0.1) is 4.67 Å².